The van der Waals surface area contributed by atoms with Crippen LogP contribution in [0.2, 0.25) is 0 Å². The number of fused-ring (bicyclic) bond motifs is 3. The van der Waals surface area contributed by atoms with Gasteiger partial charge in [0.15, 0.2) is 0 Å². The predicted molar refractivity (Wildman–Crippen MR) is 214 cm³/mol. The summed E-state index contributed by atoms with van der Waals surface area (Å²) in [7, 11) is 2.17. The quantitative estimate of drug-likeness (QED) is 0.170. The van der Waals surface area contributed by atoms with Gasteiger partial charge < -0.3 is 9.80 Å². The highest BCUT2D eigenvalue weighted by atomic mass is 15.1. The summed E-state index contributed by atoms with van der Waals surface area (Å²) in [6.45, 7) is 9.11. The van der Waals surface area contributed by atoms with E-state index in [1.807, 2.05) is 0 Å². The zero-order valence-corrected chi connectivity index (χ0v) is 29.5. The molecule has 50 heavy (non-hydrogen) atoms. The van der Waals surface area contributed by atoms with Crippen LogP contribution in [0.5, 0.6) is 0 Å². The smallest absolute Gasteiger partial charge is 0.0489 e. The van der Waals surface area contributed by atoms with Crippen LogP contribution in [0.1, 0.15) is 36.1 Å². The van der Waals surface area contributed by atoms with Gasteiger partial charge in [-0.05, 0) is 125 Å². The summed E-state index contributed by atoms with van der Waals surface area (Å²) >= 11 is 0. The summed E-state index contributed by atoms with van der Waals surface area (Å²) in [5.74, 6) is 0. The molecule has 7 aromatic rings. The number of nitrogens with zero attached hydrogens (tertiary/aromatic N) is 2. The van der Waals surface area contributed by atoms with Crippen molar-refractivity contribution in [2.45, 2.75) is 33.1 Å². The van der Waals surface area contributed by atoms with Crippen LogP contribution in [0.3, 0.4) is 0 Å². The van der Waals surface area contributed by atoms with Crippen molar-refractivity contribution in [1.29, 1.82) is 0 Å². The van der Waals surface area contributed by atoms with Crippen molar-refractivity contribution >= 4 is 28.4 Å². The molecule has 0 spiro atoms. The lowest BCUT2D eigenvalue weighted by atomic mass is 9.82. The van der Waals surface area contributed by atoms with Gasteiger partial charge >= 0.3 is 0 Å². The Labute approximate surface area is 296 Å². The minimum Gasteiger partial charge on any atom is -0.344 e. The Morgan fingerprint density at radius 3 is 1.72 bits per heavy atom. The van der Waals surface area contributed by atoms with E-state index in [0.29, 0.717) is 0 Å². The van der Waals surface area contributed by atoms with Gasteiger partial charge in [-0.2, -0.15) is 0 Å². The maximum absolute atomic E-state index is 2.41. The Bertz CT molecular complexity index is 2340. The molecule has 0 atom stereocenters. The molecular formula is C48H42N2. The second kappa shape index (κ2) is 12.5. The van der Waals surface area contributed by atoms with Crippen LogP contribution < -0.4 is 9.80 Å². The molecule has 0 radical (unpaired) electrons. The van der Waals surface area contributed by atoms with Crippen LogP contribution in [0.15, 0.2) is 164 Å². The van der Waals surface area contributed by atoms with Crippen molar-refractivity contribution < 1.29 is 0 Å². The zero-order chi connectivity index (χ0) is 34.4. The van der Waals surface area contributed by atoms with Gasteiger partial charge in [0.2, 0.25) is 0 Å². The van der Waals surface area contributed by atoms with E-state index in [1.54, 1.807) is 0 Å². The van der Waals surface area contributed by atoms with Crippen LogP contribution in [0, 0.1) is 13.8 Å². The van der Waals surface area contributed by atoms with Gasteiger partial charge in [0.25, 0.3) is 0 Å². The molecule has 244 valence electrons. The molecule has 0 saturated carbocycles. The lowest BCUT2D eigenvalue weighted by molar-refractivity contribution is 0.660. The summed E-state index contributed by atoms with van der Waals surface area (Å²) in [4.78, 5) is 4.71. The minimum atomic E-state index is -0.0917. The van der Waals surface area contributed by atoms with Crippen LogP contribution in [0.25, 0.3) is 33.4 Å². The summed E-state index contributed by atoms with van der Waals surface area (Å²) in [5.41, 5.74) is 18.5. The van der Waals surface area contributed by atoms with E-state index >= 15 is 0 Å². The van der Waals surface area contributed by atoms with Crippen molar-refractivity contribution in [2.24, 2.45) is 0 Å². The number of hydrogen-bond acceptors (Lipinski definition) is 2. The number of rotatable bonds is 7. The van der Waals surface area contributed by atoms with Crippen molar-refractivity contribution in [1.82, 2.24) is 0 Å². The normalized spacial score (nSPS) is 12.7. The fraction of sp³-hybridized carbons (Fsp3) is 0.125. The summed E-state index contributed by atoms with van der Waals surface area (Å²) in [5, 5.41) is 0. The molecule has 0 aliphatic heterocycles. The van der Waals surface area contributed by atoms with Gasteiger partial charge in [0.05, 0.1) is 0 Å². The van der Waals surface area contributed by atoms with Crippen LogP contribution >= 0.6 is 0 Å². The first-order valence-corrected chi connectivity index (χ1v) is 17.5. The van der Waals surface area contributed by atoms with Gasteiger partial charge in [-0.1, -0.05) is 117 Å². The first kappa shape index (κ1) is 31.4. The van der Waals surface area contributed by atoms with E-state index in [9.17, 15) is 0 Å². The second-order valence-corrected chi connectivity index (χ2v) is 14.0. The largest absolute Gasteiger partial charge is 0.344 e. The average Bonchev–Trinajstić information content (AvgIpc) is 3.38. The third-order valence-corrected chi connectivity index (χ3v) is 10.6. The average molecular weight is 647 g/mol. The van der Waals surface area contributed by atoms with Crippen molar-refractivity contribution in [3.8, 4) is 33.4 Å². The summed E-state index contributed by atoms with van der Waals surface area (Å²) in [6, 6.07) is 59.8. The molecule has 0 saturated heterocycles. The summed E-state index contributed by atoms with van der Waals surface area (Å²) < 4.78 is 0. The van der Waals surface area contributed by atoms with Gasteiger partial charge in [-0.3, -0.25) is 0 Å². The van der Waals surface area contributed by atoms with Crippen LogP contribution in [-0.2, 0) is 5.41 Å². The Balaban J connectivity index is 1.33. The standard InChI is InChI=1S/C48H42N2/c1-33-16-12-13-21-40(33)43-30-35(25-24-34(43)2)44-31-38(27-29-47(44)49(5)36-17-8-6-9-18-36)50(37-19-10-7-11-20-37)39-26-28-42-41-22-14-15-23-45(41)48(3,4)46(42)32-39/h6-32H,1-5H3. The van der Waals surface area contributed by atoms with Crippen LogP contribution in [0.4, 0.5) is 28.4 Å². The van der Waals surface area contributed by atoms with Crippen molar-refractivity contribution in [2.75, 3.05) is 16.8 Å². The SMILES string of the molecule is Cc1ccccc1-c1cc(-c2cc(N(c3ccccc3)c3ccc4c(c3)C(C)(C)c3ccccc3-4)ccc2N(C)c2ccccc2)ccc1C. The Morgan fingerprint density at radius 2 is 0.980 bits per heavy atom. The molecule has 0 amide bonds. The fourth-order valence-electron chi connectivity index (χ4n) is 7.79. The first-order chi connectivity index (χ1) is 24.3. The Morgan fingerprint density at radius 1 is 0.400 bits per heavy atom. The van der Waals surface area contributed by atoms with Gasteiger partial charge in [-0.25, -0.2) is 0 Å². The molecule has 0 bridgehead atoms. The maximum Gasteiger partial charge on any atom is 0.0489 e. The molecule has 7 aromatic carbocycles. The first-order valence-electron chi connectivity index (χ1n) is 17.5. The molecule has 0 N–H and O–H groups in total. The van der Waals surface area contributed by atoms with Gasteiger partial charge in [-0.15, -0.1) is 0 Å². The van der Waals surface area contributed by atoms with E-state index in [2.05, 4.69) is 208 Å². The lowest BCUT2D eigenvalue weighted by Gasteiger charge is -2.30. The molecule has 0 aromatic heterocycles. The van der Waals surface area contributed by atoms with E-state index < -0.39 is 0 Å². The highest BCUT2D eigenvalue weighted by molar-refractivity contribution is 5.91. The molecule has 0 unspecified atom stereocenters. The lowest BCUT2D eigenvalue weighted by Crippen LogP contribution is -2.17. The molecule has 1 aliphatic carbocycles. The zero-order valence-electron chi connectivity index (χ0n) is 29.5. The topological polar surface area (TPSA) is 6.48 Å². The number of para-hydroxylation sites is 2. The molecule has 2 heteroatoms. The highest BCUT2D eigenvalue weighted by Gasteiger charge is 2.35. The molecular weight excluding hydrogens is 605 g/mol. The fourth-order valence-corrected chi connectivity index (χ4v) is 7.79. The van der Waals surface area contributed by atoms with Gasteiger partial charge in [0, 0.05) is 46.5 Å². The van der Waals surface area contributed by atoms with E-state index in [1.165, 1.54) is 55.6 Å². The second-order valence-electron chi connectivity index (χ2n) is 14.0. The number of benzene rings is 7. The Kier molecular flexibility index (Phi) is 7.88. The number of anilines is 5. The maximum atomic E-state index is 2.41. The summed E-state index contributed by atoms with van der Waals surface area (Å²) in [6.07, 6.45) is 0. The number of aryl methyl sites for hydroxylation is 2. The van der Waals surface area contributed by atoms with E-state index in [4.69, 9.17) is 0 Å². The predicted octanol–water partition coefficient (Wildman–Crippen LogP) is 13.2. The Hall–Kier alpha value is -5.86. The number of hydrogen-bond donors (Lipinski definition) is 0. The highest BCUT2D eigenvalue weighted by Crippen LogP contribution is 2.51. The molecule has 2 nitrogen and oxygen atoms in total. The van der Waals surface area contributed by atoms with Crippen LogP contribution in [-0.4, -0.2) is 7.05 Å². The van der Waals surface area contributed by atoms with Crippen molar-refractivity contribution in [3.63, 3.8) is 0 Å². The van der Waals surface area contributed by atoms with E-state index in [-0.39, 0.29) is 5.41 Å². The van der Waals surface area contributed by atoms with E-state index in [0.717, 1.165) is 28.4 Å². The van der Waals surface area contributed by atoms with Gasteiger partial charge in [0.1, 0.15) is 0 Å². The minimum absolute atomic E-state index is 0.0917. The third kappa shape index (κ3) is 5.38. The molecule has 1 aliphatic rings. The molecule has 0 heterocycles. The molecule has 8 rings (SSSR count). The molecule has 0 fully saturated rings. The monoisotopic (exact) mass is 646 g/mol. The van der Waals surface area contributed by atoms with Crippen molar-refractivity contribution in [3.05, 3.63) is 186 Å². The third-order valence-electron chi connectivity index (χ3n) is 10.6.